The number of carbonyl (C=O) groups is 1. The zero-order chi connectivity index (χ0) is 18.5. The third-order valence-electron chi connectivity index (χ3n) is 8.41. The van der Waals surface area contributed by atoms with E-state index in [4.69, 9.17) is 4.74 Å². The molecule has 8 rings (SSSR count). The summed E-state index contributed by atoms with van der Waals surface area (Å²) in [5.74, 6) is 4.68. The van der Waals surface area contributed by atoms with Crippen molar-refractivity contribution in [3.8, 4) is 16.9 Å². The van der Waals surface area contributed by atoms with Crippen molar-refractivity contribution < 1.29 is 9.53 Å². The lowest BCUT2D eigenvalue weighted by Gasteiger charge is -2.59. The Bertz CT molecular complexity index is 995. The van der Waals surface area contributed by atoms with Gasteiger partial charge in [0.2, 0.25) is 5.91 Å². The molecule has 28 heavy (non-hydrogen) atoms. The summed E-state index contributed by atoms with van der Waals surface area (Å²) in [4.78, 5) is 11.7. The van der Waals surface area contributed by atoms with Crippen LogP contribution in [0.4, 0.5) is 5.69 Å². The van der Waals surface area contributed by atoms with Gasteiger partial charge in [-0.25, -0.2) is 0 Å². The first-order valence-corrected chi connectivity index (χ1v) is 10.9. The molecule has 0 radical (unpaired) electrons. The first-order chi connectivity index (χ1) is 13.7. The lowest BCUT2D eigenvalue weighted by atomic mass is 9.49. The van der Waals surface area contributed by atoms with Crippen LogP contribution in [-0.4, -0.2) is 11.5 Å². The molecule has 1 amide bonds. The molecule has 0 aromatic heterocycles. The lowest BCUT2D eigenvalue weighted by Crippen LogP contribution is -2.60. The summed E-state index contributed by atoms with van der Waals surface area (Å²) in [6.45, 7) is 0. The van der Waals surface area contributed by atoms with E-state index in [0.717, 1.165) is 47.1 Å². The molecule has 6 aliphatic rings. The zero-order valence-electron chi connectivity index (χ0n) is 16.0. The van der Waals surface area contributed by atoms with Gasteiger partial charge in [0.05, 0.1) is 6.42 Å². The van der Waals surface area contributed by atoms with Crippen LogP contribution in [0.15, 0.2) is 36.4 Å². The van der Waals surface area contributed by atoms with Crippen molar-refractivity contribution >= 4 is 11.6 Å². The molecule has 1 N–H and O–H groups in total. The van der Waals surface area contributed by atoms with E-state index in [-0.39, 0.29) is 11.5 Å². The highest BCUT2D eigenvalue weighted by molar-refractivity contribution is 5.99. The molecule has 4 fully saturated rings. The van der Waals surface area contributed by atoms with Gasteiger partial charge >= 0.3 is 0 Å². The number of hydrogen-bond acceptors (Lipinski definition) is 2. The van der Waals surface area contributed by atoms with Crippen LogP contribution in [0.3, 0.4) is 0 Å². The largest absolute Gasteiger partial charge is 0.486 e. The number of hydrogen-bond donors (Lipinski definition) is 1. The zero-order valence-corrected chi connectivity index (χ0v) is 16.0. The van der Waals surface area contributed by atoms with Crippen molar-refractivity contribution in [1.29, 1.82) is 0 Å². The van der Waals surface area contributed by atoms with Gasteiger partial charge in [-0.1, -0.05) is 12.1 Å². The SMILES string of the molecule is O=C1Cc2cc(-c3ccc4c(c3)CC3(O4)C4CC5CC(C4)CC3C5)ccc2N1. The quantitative estimate of drug-likeness (QED) is 0.768. The maximum atomic E-state index is 11.7. The highest BCUT2D eigenvalue weighted by Gasteiger charge is 2.60. The van der Waals surface area contributed by atoms with Gasteiger partial charge in [0.25, 0.3) is 0 Å². The number of amides is 1. The Morgan fingerprint density at radius 2 is 1.54 bits per heavy atom. The van der Waals surface area contributed by atoms with Crippen LogP contribution in [0.2, 0.25) is 0 Å². The van der Waals surface area contributed by atoms with Crippen LogP contribution < -0.4 is 10.1 Å². The van der Waals surface area contributed by atoms with Gasteiger partial charge in [0.15, 0.2) is 0 Å². The number of fused-ring (bicyclic) bond motifs is 2. The first kappa shape index (κ1) is 15.6. The summed E-state index contributed by atoms with van der Waals surface area (Å²) >= 11 is 0. The normalized spacial score (nSPS) is 36.4. The van der Waals surface area contributed by atoms with Crippen molar-refractivity contribution in [1.82, 2.24) is 0 Å². The molecular weight excluding hydrogens is 346 g/mol. The van der Waals surface area contributed by atoms with Crippen LogP contribution in [0.5, 0.6) is 5.75 Å². The molecule has 4 saturated carbocycles. The van der Waals surface area contributed by atoms with Gasteiger partial charge in [0.1, 0.15) is 11.4 Å². The maximum Gasteiger partial charge on any atom is 0.228 e. The average Bonchev–Trinajstić information content (AvgIpc) is 3.24. The molecule has 2 aliphatic heterocycles. The third-order valence-corrected chi connectivity index (χ3v) is 8.41. The number of benzene rings is 2. The highest BCUT2D eigenvalue weighted by Crippen LogP contribution is 2.62. The molecule has 142 valence electrons. The van der Waals surface area contributed by atoms with E-state index in [1.165, 1.54) is 48.8 Å². The van der Waals surface area contributed by atoms with E-state index in [2.05, 4.69) is 35.6 Å². The van der Waals surface area contributed by atoms with Gasteiger partial charge in [0, 0.05) is 12.1 Å². The molecule has 4 bridgehead atoms. The number of anilines is 1. The van der Waals surface area contributed by atoms with Gasteiger partial charge in [-0.05, 0) is 102 Å². The van der Waals surface area contributed by atoms with Crippen LogP contribution in [0, 0.1) is 23.7 Å². The number of ether oxygens (including phenoxy) is 1. The minimum Gasteiger partial charge on any atom is -0.486 e. The van der Waals surface area contributed by atoms with Gasteiger partial charge < -0.3 is 10.1 Å². The highest BCUT2D eigenvalue weighted by atomic mass is 16.5. The van der Waals surface area contributed by atoms with E-state index in [9.17, 15) is 4.79 Å². The second-order valence-electron chi connectivity index (χ2n) is 9.96. The summed E-state index contributed by atoms with van der Waals surface area (Å²) in [6.07, 6.45) is 8.62. The van der Waals surface area contributed by atoms with Crippen molar-refractivity contribution in [3.05, 3.63) is 47.5 Å². The molecule has 2 aromatic carbocycles. The molecule has 3 heteroatoms. The average molecular weight is 371 g/mol. The summed E-state index contributed by atoms with van der Waals surface area (Å²) in [6, 6.07) is 13.1. The van der Waals surface area contributed by atoms with E-state index < -0.39 is 0 Å². The maximum absolute atomic E-state index is 11.7. The minimum atomic E-state index is 0.0860. The summed E-state index contributed by atoms with van der Waals surface area (Å²) < 4.78 is 6.80. The van der Waals surface area contributed by atoms with Gasteiger partial charge in [-0.3, -0.25) is 4.79 Å². The van der Waals surface area contributed by atoms with Crippen LogP contribution in [0.1, 0.15) is 43.2 Å². The predicted octanol–water partition coefficient (Wildman–Crippen LogP) is 4.98. The van der Waals surface area contributed by atoms with E-state index >= 15 is 0 Å². The smallest absolute Gasteiger partial charge is 0.228 e. The lowest BCUT2D eigenvalue weighted by molar-refractivity contribution is -0.145. The van der Waals surface area contributed by atoms with Crippen LogP contribution >= 0.6 is 0 Å². The standard InChI is InChI=1S/C25H25NO2/c27-24-12-18-10-16(1-3-22(18)26-24)17-2-4-23-19(11-17)13-25(28-23)20-6-14-5-15(8-20)9-21(25)7-14/h1-4,10-11,14-15,20-21H,5-9,12-13H2,(H,26,27). The predicted molar refractivity (Wildman–Crippen MR) is 108 cm³/mol. The van der Waals surface area contributed by atoms with E-state index in [1.807, 2.05) is 6.07 Å². The van der Waals surface area contributed by atoms with Crippen LogP contribution in [0.25, 0.3) is 11.1 Å². The summed E-state index contributed by atoms with van der Waals surface area (Å²) in [5, 5.41) is 2.93. The van der Waals surface area contributed by atoms with Crippen molar-refractivity contribution in [2.24, 2.45) is 23.7 Å². The topological polar surface area (TPSA) is 38.3 Å². The summed E-state index contributed by atoms with van der Waals surface area (Å²) in [5.41, 5.74) is 5.99. The molecule has 0 unspecified atom stereocenters. The number of nitrogens with one attached hydrogen (secondary N) is 1. The van der Waals surface area contributed by atoms with Crippen LogP contribution in [-0.2, 0) is 17.6 Å². The fourth-order valence-corrected chi connectivity index (χ4v) is 7.38. The molecular formula is C25H25NO2. The van der Waals surface area contributed by atoms with Crippen molar-refractivity contribution in [2.75, 3.05) is 5.32 Å². The van der Waals surface area contributed by atoms with Gasteiger partial charge in [-0.2, -0.15) is 0 Å². The second kappa shape index (κ2) is 5.20. The fraction of sp³-hybridized carbons (Fsp3) is 0.480. The Labute approximate surface area is 165 Å². The second-order valence-corrected chi connectivity index (χ2v) is 9.96. The Morgan fingerprint density at radius 1 is 0.857 bits per heavy atom. The monoisotopic (exact) mass is 371 g/mol. The van der Waals surface area contributed by atoms with Crippen molar-refractivity contribution in [2.45, 2.75) is 50.5 Å². The third kappa shape index (κ3) is 2.02. The first-order valence-electron chi connectivity index (χ1n) is 10.9. The number of carbonyl (C=O) groups excluding carboxylic acids is 1. The molecule has 2 aromatic rings. The van der Waals surface area contributed by atoms with E-state index in [0.29, 0.717) is 6.42 Å². The fourth-order valence-electron chi connectivity index (χ4n) is 7.38. The Balaban J connectivity index is 1.23. The Morgan fingerprint density at radius 3 is 2.29 bits per heavy atom. The minimum absolute atomic E-state index is 0.0860. The molecule has 2 heterocycles. The van der Waals surface area contributed by atoms with E-state index in [1.54, 1.807) is 0 Å². The molecule has 0 atom stereocenters. The molecule has 1 spiro atoms. The number of rotatable bonds is 1. The molecule has 3 nitrogen and oxygen atoms in total. The Hall–Kier alpha value is -2.29. The molecule has 4 aliphatic carbocycles. The van der Waals surface area contributed by atoms with Crippen molar-refractivity contribution in [3.63, 3.8) is 0 Å². The molecule has 0 saturated heterocycles. The summed E-state index contributed by atoms with van der Waals surface area (Å²) in [7, 11) is 0. The van der Waals surface area contributed by atoms with Gasteiger partial charge in [-0.15, -0.1) is 0 Å². The Kier molecular flexibility index (Phi) is 2.90.